The molecule has 142 valence electrons. The Morgan fingerprint density at radius 3 is 2.50 bits per heavy atom. The van der Waals surface area contributed by atoms with E-state index in [1.165, 1.54) is 7.11 Å². The number of alkyl halides is 1. The van der Waals surface area contributed by atoms with Crippen molar-refractivity contribution in [3.05, 3.63) is 41.2 Å². The van der Waals surface area contributed by atoms with E-state index in [0.717, 1.165) is 12.8 Å². The fourth-order valence-corrected chi connectivity index (χ4v) is 2.30. The zero-order valence-electron chi connectivity index (χ0n) is 14.6. The summed E-state index contributed by atoms with van der Waals surface area (Å²) in [6.07, 6.45) is 2.45. The number of nitrogens with one attached hydrogen (secondary N) is 4. The standard InChI is InChI=1S/C17H24FN5O3/c1-26-23-16(24)11-4-6-12(7-5-11)20-14(3-2-10-18)15(22-19)17(25)21-13-8-9-13/h4-7,13,20,22H,2-3,8-10,19H2,1H3,(H,21,25)(H,23,24)/b15-14-. The first-order valence-corrected chi connectivity index (χ1v) is 8.36. The van der Waals surface area contributed by atoms with Gasteiger partial charge in [0.15, 0.2) is 0 Å². The first-order valence-electron chi connectivity index (χ1n) is 8.36. The number of hydroxylamine groups is 1. The van der Waals surface area contributed by atoms with Crippen LogP contribution in [0.1, 0.15) is 36.0 Å². The Hall–Kier alpha value is -2.65. The van der Waals surface area contributed by atoms with Gasteiger partial charge >= 0.3 is 0 Å². The lowest BCUT2D eigenvalue weighted by Gasteiger charge is -2.17. The minimum absolute atomic E-state index is 0.173. The van der Waals surface area contributed by atoms with E-state index in [2.05, 4.69) is 26.4 Å². The molecule has 1 aliphatic carbocycles. The molecule has 1 saturated carbocycles. The summed E-state index contributed by atoms with van der Waals surface area (Å²) in [4.78, 5) is 28.6. The number of allylic oxidation sites excluding steroid dienone is 1. The van der Waals surface area contributed by atoms with Crippen LogP contribution in [0.5, 0.6) is 0 Å². The van der Waals surface area contributed by atoms with Crippen molar-refractivity contribution in [2.45, 2.75) is 31.7 Å². The van der Waals surface area contributed by atoms with Crippen LogP contribution in [0.3, 0.4) is 0 Å². The summed E-state index contributed by atoms with van der Waals surface area (Å²) >= 11 is 0. The molecular formula is C17H24FN5O3. The van der Waals surface area contributed by atoms with E-state index in [1.54, 1.807) is 24.3 Å². The number of nitrogens with two attached hydrogens (primary N) is 1. The number of hydrazine groups is 1. The number of rotatable bonds is 10. The Morgan fingerprint density at radius 2 is 1.96 bits per heavy atom. The van der Waals surface area contributed by atoms with Gasteiger partial charge in [-0.3, -0.25) is 24.7 Å². The average Bonchev–Trinajstić information content (AvgIpc) is 3.44. The highest BCUT2D eigenvalue weighted by Crippen LogP contribution is 2.21. The van der Waals surface area contributed by atoms with Crippen LogP contribution in [0.4, 0.5) is 10.1 Å². The summed E-state index contributed by atoms with van der Waals surface area (Å²) < 4.78 is 12.6. The van der Waals surface area contributed by atoms with Gasteiger partial charge in [0.2, 0.25) is 0 Å². The molecule has 0 spiro atoms. The van der Waals surface area contributed by atoms with E-state index in [1.807, 2.05) is 0 Å². The molecule has 2 amide bonds. The summed E-state index contributed by atoms with van der Waals surface area (Å²) in [6, 6.07) is 6.72. The molecule has 6 N–H and O–H groups in total. The van der Waals surface area contributed by atoms with Crippen molar-refractivity contribution in [1.82, 2.24) is 16.2 Å². The van der Waals surface area contributed by atoms with Crippen molar-refractivity contribution in [2.75, 3.05) is 19.1 Å². The molecule has 0 saturated heterocycles. The van der Waals surface area contributed by atoms with Gasteiger partial charge in [0, 0.05) is 23.0 Å². The van der Waals surface area contributed by atoms with E-state index in [0.29, 0.717) is 23.4 Å². The normalized spacial score (nSPS) is 14.3. The minimum atomic E-state index is -0.511. The van der Waals surface area contributed by atoms with Gasteiger partial charge in [0.1, 0.15) is 5.70 Å². The van der Waals surface area contributed by atoms with Crippen LogP contribution in [-0.2, 0) is 9.63 Å². The fraction of sp³-hybridized carbons (Fsp3) is 0.412. The van der Waals surface area contributed by atoms with Crippen LogP contribution in [0.2, 0.25) is 0 Å². The molecule has 1 fully saturated rings. The molecule has 0 aromatic heterocycles. The average molecular weight is 365 g/mol. The molecule has 0 heterocycles. The highest BCUT2D eigenvalue weighted by Gasteiger charge is 2.26. The lowest BCUT2D eigenvalue weighted by molar-refractivity contribution is -0.118. The Balaban J connectivity index is 2.16. The summed E-state index contributed by atoms with van der Waals surface area (Å²) in [5, 5.41) is 5.93. The largest absolute Gasteiger partial charge is 0.357 e. The van der Waals surface area contributed by atoms with Gasteiger partial charge in [-0.15, -0.1) is 0 Å². The molecule has 1 aromatic rings. The van der Waals surface area contributed by atoms with Crippen molar-refractivity contribution < 1.29 is 18.8 Å². The van der Waals surface area contributed by atoms with Gasteiger partial charge in [0.25, 0.3) is 11.8 Å². The third-order valence-electron chi connectivity index (χ3n) is 3.78. The number of benzene rings is 1. The maximum absolute atomic E-state index is 12.6. The van der Waals surface area contributed by atoms with Crippen molar-refractivity contribution in [2.24, 2.45) is 5.84 Å². The monoisotopic (exact) mass is 365 g/mol. The topological polar surface area (TPSA) is 118 Å². The van der Waals surface area contributed by atoms with Crippen molar-refractivity contribution in [1.29, 1.82) is 0 Å². The van der Waals surface area contributed by atoms with Gasteiger partial charge in [0.05, 0.1) is 13.8 Å². The number of amides is 2. The molecular weight excluding hydrogens is 341 g/mol. The van der Waals surface area contributed by atoms with Gasteiger partial charge in [-0.05, 0) is 49.9 Å². The number of hydrogen-bond donors (Lipinski definition) is 5. The molecule has 1 aromatic carbocycles. The molecule has 0 aliphatic heterocycles. The minimum Gasteiger partial charge on any atom is -0.357 e. The summed E-state index contributed by atoms with van der Waals surface area (Å²) in [7, 11) is 1.35. The zero-order chi connectivity index (χ0) is 18.9. The third kappa shape index (κ3) is 5.71. The van der Waals surface area contributed by atoms with Crippen LogP contribution >= 0.6 is 0 Å². The second-order valence-electron chi connectivity index (χ2n) is 5.88. The molecule has 1 aliphatic rings. The van der Waals surface area contributed by atoms with Gasteiger partial charge in [-0.25, -0.2) is 5.48 Å². The van der Waals surface area contributed by atoms with E-state index in [4.69, 9.17) is 5.84 Å². The predicted octanol–water partition coefficient (Wildman–Crippen LogP) is 1.09. The lowest BCUT2D eigenvalue weighted by atomic mass is 10.1. The number of hydrogen-bond acceptors (Lipinski definition) is 6. The van der Waals surface area contributed by atoms with Crippen LogP contribution in [0.25, 0.3) is 0 Å². The molecule has 8 nitrogen and oxygen atoms in total. The Labute approximate surface area is 151 Å². The number of anilines is 1. The number of halogens is 1. The lowest BCUT2D eigenvalue weighted by Crippen LogP contribution is -2.38. The van der Waals surface area contributed by atoms with Crippen molar-refractivity contribution >= 4 is 17.5 Å². The van der Waals surface area contributed by atoms with Gasteiger partial charge < -0.3 is 16.1 Å². The summed E-state index contributed by atoms with van der Waals surface area (Å²) in [5.41, 5.74) is 6.35. The van der Waals surface area contributed by atoms with Crippen molar-refractivity contribution in [3.63, 3.8) is 0 Å². The quantitative estimate of drug-likeness (QED) is 0.241. The van der Waals surface area contributed by atoms with Gasteiger partial charge in [-0.2, -0.15) is 0 Å². The molecule has 9 heteroatoms. The van der Waals surface area contributed by atoms with E-state index in [9.17, 15) is 14.0 Å². The Bertz CT molecular complexity index is 659. The smallest absolute Gasteiger partial charge is 0.274 e. The fourth-order valence-electron chi connectivity index (χ4n) is 2.30. The molecule has 0 atom stereocenters. The van der Waals surface area contributed by atoms with Crippen molar-refractivity contribution in [3.8, 4) is 0 Å². The Kier molecular flexibility index (Phi) is 7.37. The number of carbonyl (C=O) groups excluding carboxylic acids is 2. The van der Waals surface area contributed by atoms with E-state index < -0.39 is 6.67 Å². The van der Waals surface area contributed by atoms with Crippen LogP contribution in [0.15, 0.2) is 35.7 Å². The SMILES string of the molecule is CONC(=O)c1ccc(N/C(CCCF)=C(\NN)C(=O)NC2CC2)cc1. The first-order chi connectivity index (χ1) is 12.6. The van der Waals surface area contributed by atoms with Crippen LogP contribution < -0.4 is 27.4 Å². The van der Waals surface area contributed by atoms with E-state index >= 15 is 0 Å². The maximum Gasteiger partial charge on any atom is 0.274 e. The molecule has 0 unspecified atom stereocenters. The third-order valence-corrected chi connectivity index (χ3v) is 3.78. The molecule has 0 radical (unpaired) electrons. The zero-order valence-corrected chi connectivity index (χ0v) is 14.6. The van der Waals surface area contributed by atoms with Gasteiger partial charge in [-0.1, -0.05) is 0 Å². The first kappa shape index (κ1) is 19.7. The highest BCUT2D eigenvalue weighted by atomic mass is 19.1. The predicted molar refractivity (Wildman–Crippen MR) is 95.3 cm³/mol. The van der Waals surface area contributed by atoms with Crippen LogP contribution in [0, 0.1) is 0 Å². The Morgan fingerprint density at radius 1 is 1.27 bits per heavy atom. The second-order valence-corrected chi connectivity index (χ2v) is 5.88. The molecule has 0 bridgehead atoms. The summed E-state index contributed by atoms with van der Waals surface area (Å²) in [5.74, 6) is 4.82. The highest BCUT2D eigenvalue weighted by molar-refractivity contribution is 5.95. The molecule has 26 heavy (non-hydrogen) atoms. The molecule has 2 rings (SSSR count). The van der Waals surface area contributed by atoms with E-state index in [-0.39, 0.29) is 30.0 Å². The second kappa shape index (κ2) is 9.73. The number of carbonyl (C=O) groups is 2. The maximum atomic E-state index is 12.6. The van der Waals surface area contributed by atoms with Crippen LogP contribution in [-0.4, -0.2) is 31.6 Å². The summed E-state index contributed by atoms with van der Waals surface area (Å²) in [6.45, 7) is -0.511.